The van der Waals surface area contributed by atoms with Crippen molar-refractivity contribution in [1.29, 1.82) is 0 Å². The summed E-state index contributed by atoms with van der Waals surface area (Å²) in [5, 5.41) is 1.04. The predicted molar refractivity (Wildman–Crippen MR) is 107 cm³/mol. The summed E-state index contributed by atoms with van der Waals surface area (Å²) in [5.41, 5.74) is 2.01. The number of aromatic nitrogens is 1. The molecule has 1 fully saturated rings. The van der Waals surface area contributed by atoms with Gasteiger partial charge in [-0.3, -0.25) is 9.78 Å². The lowest BCUT2D eigenvalue weighted by atomic mass is 10.1. The van der Waals surface area contributed by atoms with Crippen LogP contribution in [0.3, 0.4) is 0 Å². The van der Waals surface area contributed by atoms with Crippen molar-refractivity contribution in [2.45, 2.75) is 6.04 Å². The van der Waals surface area contributed by atoms with E-state index in [1.165, 1.54) is 23.3 Å². The number of hydrogen-bond donors (Lipinski definition) is 0. The molecule has 4 rings (SSSR count). The Kier molecular flexibility index (Phi) is 5.40. The molecule has 0 saturated carbocycles. The van der Waals surface area contributed by atoms with Gasteiger partial charge < -0.3 is 19.3 Å². The van der Waals surface area contributed by atoms with E-state index < -0.39 is 12.0 Å². The van der Waals surface area contributed by atoms with Gasteiger partial charge in [0.25, 0.3) is 5.91 Å². The molecule has 0 spiro atoms. The average molecular weight is 399 g/mol. The zero-order valence-corrected chi connectivity index (χ0v) is 16.4. The number of morpholine rings is 1. The molecule has 0 bridgehead atoms. The smallest absolute Gasteiger partial charge is 0.332 e. The van der Waals surface area contributed by atoms with Gasteiger partial charge in [0.15, 0.2) is 0 Å². The van der Waals surface area contributed by atoms with E-state index in [0.29, 0.717) is 24.6 Å². The number of thiophene rings is 1. The van der Waals surface area contributed by atoms with Crippen LogP contribution in [0, 0.1) is 0 Å². The van der Waals surface area contributed by atoms with Crippen LogP contribution in [-0.2, 0) is 14.3 Å². The van der Waals surface area contributed by atoms with Crippen molar-refractivity contribution in [3.8, 4) is 11.1 Å². The number of anilines is 1. The first-order valence-corrected chi connectivity index (χ1v) is 9.93. The summed E-state index contributed by atoms with van der Waals surface area (Å²) in [4.78, 5) is 33.7. The molecule has 0 aromatic carbocycles. The van der Waals surface area contributed by atoms with Crippen molar-refractivity contribution in [3.63, 3.8) is 0 Å². The summed E-state index contributed by atoms with van der Waals surface area (Å²) in [6, 6.07) is 5.12. The van der Waals surface area contributed by atoms with Crippen molar-refractivity contribution in [1.82, 2.24) is 9.88 Å². The Hall–Kier alpha value is -2.71. The minimum atomic E-state index is -0.671. The van der Waals surface area contributed by atoms with Crippen molar-refractivity contribution in [3.05, 3.63) is 47.6 Å². The Morgan fingerprint density at radius 1 is 1.25 bits per heavy atom. The van der Waals surface area contributed by atoms with Crippen LogP contribution in [0.1, 0.15) is 9.67 Å². The first kappa shape index (κ1) is 18.6. The van der Waals surface area contributed by atoms with Crippen molar-refractivity contribution in [2.75, 3.05) is 44.9 Å². The molecule has 1 atom stereocenters. The lowest BCUT2D eigenvalue weighted by Crippen LogP contribution is -2.41. The minimum Gasteiger partial charge on any atom is -0.467 e. The third kappa shape index (κ3) is 3.53. The van der Waals surface area contributed by atoms with Gasteiger partial charge in [0.05, 0.1) is 30.2 Å². The second-order valence-corrected chi connectivity index (χ2v) is 7.55. The number of hydrogen-bond acceptors (Lipinski definition) is 7. The molecule has 1 saturated heterocycles. The van der Waals surface area contributed by atoms with Gasteiger partial charge in [-0.15, -0.1) is 11.3 Å². The number of nitrogens with zero attached hydrogens (tertiary/aromatic N) is 3. The summed E-state index contributed by atoms with van der Waals surface area (Å²) < 4.78 is 10.3. The molecule has 2 aliphatic heterocycles. The van der Waals surface area contributed by atoms with E-state index >= 15 is 0 Å². The van der Waals surface area contributed by atoms with Crippen LogP contribution in [0.2, 0.25) is 0 Å². The Bertz CT molecular complexity index is 890. The van der Waals surface area contributed by atoms with E-state index in [1.807, 2.05) is 24.3 Å². The van der Waals surface area contributed by atoms with Crippen LogP contribution >= 0.6 is 11.3 Å². The molecule has 0 N–H and O–H groups in total. The second kappa shape index (κ2) is 8.12. The molecular weight excluding hydrogens is 378 g/mol. The largest absolute Gasteiger partial charge is 0.467 e. The van der Waals surface area contributed by atoms with E-state index in [2.05, 4.69) is 9.88 Å². The Morgan fingerprint density at radius 3 is 2.71 bits per heavy atom. The Morgan fingerprint density at radius 2 is 2.00 bits per heavy atom. The highest BCUT2D eigenvalue weighted by atomic mass is 32.1. The van der Waals surface area contributed by atoms with Crippen molar-refractivity contribution >= 4 is 28.2 Å². The molecule has 28 heavy (non-hydrogen) atoms. The van der Waals surface area contributed by atoms with Gasteiger partial charge in [-0.1, -0.05) is 12.2 Å². The van der Waals surface area contributed by atoms with Gasteiger partial charge in [-0.2, -0.15) is 0 Å². The fourth-order valence-electron chi connectivity index (χ4n) is 3.42. The molecule has 0 aliphatic carbocycles. The zero-order valence-electron chi connectivity index (χ0n) is 15.5. The first-order valence-electron chi connectivity index (χ1n) is 9.11. The number of pyridine rings is 1. The van der Waals surface area contributed by atoms with Gasteiger partial charge in [-0.25, -0.2) is 4.79 Å². The molecule has 2 aromatic rings. The van der Waals surface area contributed by atoms with Crippen LogP contribution in [0.15, 0.2) is 42.7 Å². The van der Waals surface area contributed by atoms with Gasteiger partial charge >= 0.3 is 5.97 Å². The van der Waals surface area contributed by atoms with Crippen molar-refractivity contribution in [2.24, 2.45) is 0 Å². The summed E-state index contributed by atoms with van der Waals surface area (Å²) in [5.74, 6) is -0.596. The van der Waals surface area contributed by atoms with Crippen LogP contribution in [0.5, 0.6) is 0 Å². The Labute approximate surface area is 167 Å². The van der Waals surface area contributed by atoms with Crippen LogP contribution in [-0.4, -0.2) is 67.8 Å². The van der Waals surface area contributed by atoms with E-state index in [4.69, 9.17) is 9.47 Å². The maximum Gasteiger partial charge on any atom is 0.332 e. The lowest BCUT2D eigenvalue weighted by molar-refractivity contribution is -0.143. The highest BCUT2D eigenvalue weighted by Gasteiger charge is 2.33. The molecule has 2 aliphatic rings. The van der Waals surface area contributed by atoms with E-state index in [-0.39, 0.29) is 5.91 Å². The quantitative estimate of drug-likeness (QED) is 0.580. The molecule has 146 valence electrons. The Balaban J connectivity index is 1.69. The molecule has 1 amide bonds. The normalized spacial score (nSPS) is 19.1. The number of amides is 1. The number of carbonyl (C=O) groups excluding carboxylic acids is 2. The van der Waals surface area contributed by atoms with Crippen molar-refractivity contribution < 1.29 is 19.1 Å². The molecule has 0 radical (unpaired) electrons. The highest BCUT2D eigenvalue weighted by Crippen LogP contribution is 2.40. The van der Waals surface area contributed by atoms with Gasteiger partial charge in [0, 0.05) is 37.6 Å². The standard InChI is InChI=1S/C20H21N3O4S/c1-26-20(25)16-3-2-8-23(16)18(24)17-13-15(14-4-6-21-7-5-14)19(28-17)22-9-11-27-12-10-22/h2-7,13,16H,8-12H2,1H3. The molecule has 2 aromatic heterocycles. The van der Waals surface area contributed by atoms with Crippen LogP contribution in [0.4, 0.5) is 5.00 Å². The zero-order chi connectivity index (χ0) is 19.5. The molecule has 1 unspecified atom stereocenters. The topological polar surface area (TPSA) is 72.0 Å². The number of carbonyl (C=O) groups is 2. The molecule has 4 heterocycles. The predicted octanol–water partition coefficient (Wildman–Crippen LogP) is 2.20. The fraction of sp³-hybridized carbons (Fsp3) is 0.350. The maximum absolute atomic E-state index is 13.2. The number of methoxy groups -OCH3 is 1. The average Bonchev–Trinajstić information content (AvgIpc) is 3.42. The summed E-state index contributed by atoms with van der Waals surface area (Å²) in [6.07, 6.45) is 7.02. The minimum absolute atomic E-state index is 0.166. The van der Waals surface area contributed by atoms with Crippen LogP contribution in [0.25, 0.3) is 11.1 Å². The van der Waals surface area contributed by atoms with Gasteiger partial charge in [-0.05, 0) is 23.8 Å². The summed E-state index contributed by atoms with van der Waals surface area (Å²) in [6.45, 7) is 3.29. The highest BCUT2D eigenvalue weighted by molar-refractivity contribution is 7.18. The van der Waals surface area contributed by atoms with E-state index in [1.54, 1.807) is 18.5 Å². The molecule has 7 nitrogen and oxygen atoms in total. The number of esters is 1. The number of ether oxygens (including phenoxy) is 2. The number of rotatable bonds is 4. The third-order valence-corrected chi connectivity index (χ3v) is 6.06. The molecular formula is C20H21N3O4S. The fourth-order valence-corrected chi connectivity index (χ4v) is 4.61. The summed E-state index contributed by atoms with van der Waals surface area (Å²) in [7, 11) is 1.33. The third-order valence-electron chi connectivity index (χ3n) is 4.87. The summed E-state index contributed by atoms with van der Waals surface area (Å²) >= 11 is 1.46. The SMILES string of the molecule is COC(=O)C1C=CCN1C(=O)c1cc(-c2ccncc2)c(N2CCOCC2)s1. The van der Waals surface area contributed by atoms with Crippen LogP contribution < -0.4 is 4.90 Å². The second-order valence-electron chi connectivity index (χ2n) is 6.52. The monoisotopic (exact) mass is 399 g/mol. The first-order chi connectivity index (χ1) is 13.7. The van der Waals surface area contributed by atoms with Gasteiger partial charge in [0.2, 0.25) is 0 Å². The van der Waals surface area contributed by atoms with E-state index in [9.17, 15) is 9.59 Å². The lowest BCUT2D eigenvalue weighted by Gasteiger charge is -2.28. The molecule has 8 heteroatoms. The van der Waals surface area contributed by atoms with Gasteiger partial charge in [0.1, 0.15) is 6.04 Å². The van der Waals surface area contributed by atoms with E-state index in [0.717, 1.165) is 29.2 Å². The maximum atomic E-state index is 13.2.